The molecular formula is C23H25N5O3. The van der Waals surface area contributed by atoms with Gasteiger partial charge < -0.3 is 14.5 Å². The van der Waals surface area contributed by atoms with E-state index in [0.29, 0.717) is 49.7 Å². The summed E-state index contributed by atoms with van der Waals surface area (Å²) in [6.45, 7) is 2.57. The predicted molar refractivity (Wildman–Crippen MR) is 115 cm³/mol. The number of ether oxygens (including phenoxy) is 1. The molecule has 0 bridgehead atoms. The highest BCUT2D eigenvalue weighted by Gasteiger charge is 2.27. The molecular weight excluding hydrogens is 394 g/mol. The maximum absolute atomic E-state index is 12.8. The highest BCUT2D eigenvalue weighted by molar-refractivity contribution is 5.95. The number of piperazine rings is 1. The Bertz CT molecular complexity index is 1020. The molecule has 1 fully saturated rings. The van der Waals surface area contributed by atoms with Crippen LogP contribution in [0.3, 0.4) is 0 Å². The molecule has 1 saturated heterocycles. The van der Waals surface area contributed by atoms with E-state index in [2.05, 4.69) is 22.4 Å². The lowest BCUT2D eigenvalue weighted by Crippen LogP contribution is -2.50. The SMILES string of the molecule is COc1ccc(C(=O)N2CCN(C(=O)c3cn(CCc4ccccc4)nn3)CC2)cc1. The Labute approximate surface area is 181 Å². The average molecular weight is 419 g/mol. The molecule has 3 aromatic rings. The van der Waals surface area contributed by atoms with Crippen molar-refractivity contribution in [2.75, 3.05) is 33.3 Å². The highest BCUT2D eigenvalue weighted by Crippen LogP contribution is 2.15. The van der Waals surface area contributed by atoms with Crippen molar-refractivity contribution >= 4 is 11.8 Å². The number of amides is 2. The van der Waals surface area contributed by atoms with Crippen LogP contribution in [0.5, 0.6) is 5.75 Å². The summed E-state index contributed by atoms with van der Waals surface area (Å²) >= 11 is 0. The van der Waals surface area contributed by atoms with Crippen LogP contribution >= 0.6 is 0 Å². The lowest BCUT2D eigenvalue weighted by atomic mass is 10.1. The Morgan fingerprint density at radius 1 is 0.903 bits per heavy atom. The van der Waals surface area contributed by atoms with E-state index in [9.17, 15) is 9.59 Å². The molecule has 2 aromatic carbocycles. The normalized spacial score (nSPS) is 13.8. The van der Waals surface area contributed by atoms with E-state index in [1.54, 1.807) is 52.1 Å². The van der Waals surface area contributed by atoms with Crippen molar-refractivity contribution in [2.45, 2.75) is 13.0 Å². The van der Waals surface area contributed by atoms with Gasteiger partial charge in [0.15, 0.2) is 5.69 Å². The third-order valence-corrected chi connectivity index (χ3v) is 5.42. The first kappa shape index (κ1) is 20.6. The molecule has 0 aliphatic carbocycles. The van der Waals surface area contributed by atoms with E-state index < -0.39 is 0 Å². The molecule has 0 radical (unpaired) electrons. The second-order valence-electron chi connectivity index (χ2n) is 7.42. The zero-order valence-electron chi connectivity index (χ0n) is 17.5. The topological polar surface area (TPSA) is 80.6 Å². The van der Waals surface area contributed by atoms with Crippen LogP contribution in [0.1, 0.15) is 26.4 Å². The second-order valence-corrected chi connectivity index (χ2v) is 7.42. The van der Waals surface area contributed by atoms with Crippen LogP contribution in [0.25, 0.3) is 0 Å². The summed E-state index contributed by atoms with van der Waals surface area (Å²) in [5, 5.41) is 8.14. The Hall–Kier alpha value is -3.68. The predicted octanol–water partition coefficient (Wildman–Crippen LogP) is 2.13. The largest absolute Gasteiger partial charge is 0.497 e. The van der Waals surface area contributed by atoms with Crippen molar-refractivity contribution in [3.05, 3.63) is 77.6 Å². The third-order valence-electron chi connectivity index (χ3n) is 5.42. The van der Waals surface area contributed by atoms with E-state index in [-0.39, 0.29) is 11.8 Å². The van der Waals surface area contributed by atoms with Gasteiger partial charge in [-0.3, -0.25) is 14.3 Å². The van der Waals surface area contributed by atoms with Gasteiger partial charge in [-0.05, 0) is 36.2 Å². The Morgan fingerprint density at radius 2 is 1.55 bits per heavy atom. The highest BCUT2D eigenvalue weighted by atomic mass is 16.5. The van der Waals surface area contributed by atoms with E-state index in [0.717, 1.165) is 6.42 Å². The summed E-state index contributed by atoms with van der Waals surface area (Å²) in [5.41, 5.74) is 2.16. The molecule has 2 amide bonds. The van der Waals surface area contributed by atoms with Crippen LogP contribution in [0.4, 0.5) is 0 Å². The molecule has 31 heavy (non-hydrogen) atoms. The Morgan fingerprint density at radius 3 is 2.19 bits per heavy atom. The summed E-state index contributed by atoms with van der Waals surface area (Å²) in [6.07, 6.45) is 2.52. The van der Waals surface area contributed by atoms with Gasteiger partial charge in [0.05, 0.1) is 13.3 Å². The molecule has 0 spiro atoms. The van der Waals surface area contributed by atoms with Crippen LogP contribution in [0, 0.1) is 0 Å². The van der Waals surface area contributed by atoms with Crippen LogP contribution < -0.4 is 4.74 Å². The fourth-order valence-corrected chi connectivity index (χ4v) is 3.58. The fraction of sp³-hybridized carbons (Fsp3) is 0.304. The molecule has 2 heterocycles. The van der Waals surface area contributed by atoms with Crippen molar-refractivity contribution in [3.63, 3.8) is 0 Å². The Balaban J connectivity index is 1.30. The van der Waals surface area contributed by atoms with Crippen molar-refractivity contribution in [1.29, 1.82) is 0 Å². The van der Waals surface area contributed by atoms with Gasteiger partial charge in [-0.25, -0.2) is 0 Å². The second kappa shape index (κ2) is 9.42. The average Bonchev–Trinajstić information content (AvgIpc) is 3.32. The maximum atomic E-state index is 12.8. The van der Waals surface area contributed by atoms with E-state index in [1.165, 1.54) is 5.56 Å². The molecule has 160 valence electrons. The summed E-state index contributed by atoms with van der Waals surface area (Å²) in [4.78, 5) is 29.0. The lowest BCUT2D eigenvalue weighted by molar-refractivity contribution is 0.0532. The number of rotatable bonds is 6. The first-order chi connectivity index (χ1) is 15.1. The van der Waals surface area contributed by atoms with Gasteiger partial charge in [0.2, 0.25) is 0 Å². The summed E-state index contributed by atoms with van der Waals surface area (Å²) in [7, 11) is 1.59. The number of methoxy groups -OCH3 is 1. The number of carbonyl (C=O) groups excluding carboxylic acids is 2. The zero-order valence-corrected chi connectivity index (χ0v) is 17.5. The first-order valence-corrected chi connectivity index (χ1v) is 10.3. The molecule has 1 aliphatic heterocycles. The number of hydrogen-bond acceptors (Lipinski definition) is 5. The van der Waals surface area contributed by atoms with Crippen molar-refractivity contribution in [1.82, 2.24) is 24.8 Å². The van der Waals surface area contributed by atoms with Gasteiger partial charge in [0, 0.05) is 38.3 Å². The number of aryl methyl sites for hydroxylation is 2. The van der Waals surface area contributed by atoms with Gasteiger partial charge in [0.25, 0.3) is 11.8 Å². The Kier molecular flexibility index (Phi) is 6.26. The molecule has 4 rings (SSSR count). The molecule has 1 aliphatic rings. The van der Waals surface area contributed by atoms with Crippen molar-refractivity contribution < 1.29 is 14.3 Å². The number of hydrogen-bond donors (Lipinski definition) is 0. The minimum atomic E-state index is -0.150. The fourth-order valence-electron chi connectivity index (χ4n) is 3.58. The van der Waals surface area contributed by atoms with Gasteiger partial charge in [-0.15, -0.1) is 5.10 Å². The molecule has 0 N–H and O–H groups in total. The van der Waals surface area contributed by atoms with Crippen LogP contribution in [-0.4, -0.2) is 69.9 Å². The van der Waals surface area contributed by atoms with E-state index >= 15 is 0 Å². The standard InChI is InChI=1S/C23H25N5O3/c1-31-20-9-7-19(8-10-20)22(29)26-13-15-27(16-14-26)23(30)21-17-28(25-24-21)12-11-18-5-3-2-4-6-18/h2-10,17H,11-16H2,1H3. The molecule has 8 heteroatoms. The lowest BCUT2D eigenvalue weighted by Gasteiger charge is -2.34. The van der Waals surface area contributed by atoms with Crippen molar-refractivity contribution in [3.8, 4) is 5.75 Å². The molecule has 0 atom stereocenters. The molecule has 0 saturated carbocycles. The molecule has 0 unspecified atom stereocenters. The van der Waals surface area contributed by atoms with Crippen molar-refractivity contribution in [2.24, 2.45) is 0 Å². The summed E-state index contributed by atoms with van der Waals surface area (Å²) in [5.74, 6) is 0.521. The molecule has 8 nitrogen and oxygen atoms in total. The number of carbonyl (C=O) groups is 2. The number of benzene rings is 2. The number of aromatic nitrogens is 3. The van der Waals surface area contributed by atoms with Gasteiger partial charge in [-0.2, -0.15) is 0 Å². The van der Waals surface area contributed by atoms with Gasteiger partial charge >= 0.3 is 0 Å². The van der Waals surface area contributed by atoms with Crippen LogP contribution in [-0.2, 0) is 13.0 Å². The van der Waals surface area contributed by atoms with E-state index in [4.69, 9.17) is 4.74 Å². The molecule has 1 aromatic heterocycles. The van der Waals surface area contributed by atoms with Crippen LogP contribution in [0.15, 0.2) is 60.8 Å². The maximum Gasteiger partial charge on any atom is 0.276 e. The van der Waals surface area contributed by atoms with Gasteiger partial charge in [-0.1, -0.05) is 35.5 Å². The summed E-state index contributed by atoms with van der Waals surface area (Å²) in [6, 6.07) is 17.2. The van der Waals surface area contributed by atoms with Crippen LogP contribution in [0.2, 0.25) is 0 Å². The quantitative estimate of drug-likeness (QED) is 0.612. The monoisotopic (exact) mass is 419 g/mol. The first-order valence-electron chi connectivity index (χ1n) is 10.3. The minimum Gasteiger partial charge on any atom is -0.497 e. The van der Waals surface area contributed by atoms with E-state index in [1.807, 2.05) is 18.2 Å². The zero-order chi connectivity index (χ0) is 21.6. The smallest absolute Gasteiger partial charge is 0.276 e. The van der Waals surface area contributed by atoms with Gasteiger partial charge in [0.1, 0.15) is 5.75 Å². The summed E-state index contributed by atoms with van der Waals surface area (Å²) < 4.78 is 6.83. The minimum absolute atomic E-state index is 0.0402. The third kappa shape index (κ3) is 4.91. The number of nitrogens with zero attached hydrogens (tertiary/aromatic N) is 5.